The molecule has 1 aromatic carbocycles. The van der Waals surface area contributed by atoms with Gasteiger partial charge in [0, 0.05) is 0 Å². The van der Waals surface area contributed by atoms with E-state index in [0.717, 1.165) is 24.8 Å². The van der Waals surface area contributed by atoms with Crippen LogP contribution >= 0.6 is 0 Å². The van der Waals surface area contributed by atoms with Crippen LogP contribution in [0.25, 0.3) is 0 Å². The molecule has 0 aromatic heterocycles. The highest BCUT2D eigenvalue weighted by molar-refractivity contribution is 5.38. The second kappa shape index (κ2) is 3.30. The van der Waals surface area contributed by atoms with Crippen LogP contribution in [0.2, 0.25) is 0 Å². The van der Waals surface area contributed by atoms with Crippen LogP contribution in [0.4, 0.5) is 13.2 Å². The van der Waals surface area contributed by atoms with Crippen LogP contribution in [-0.4, -0.2) is 0 Å². The van der Waals surface area contributed by atoms with Crippen molar-refractivity contribution in [3.05, 3.63) is 34.9 Å². The number of hydrogen-bond donors (Lipinski definition) is 0. The monoisotopic (exact) mass is 200 g/mol. The van der Waals surface area contributed by atoms with Crippen LogP contribution in [0.5, 0.6) is 0 Å². The Morgan fingerprint density at radius 2 is 1.71 bits per heavy atom. The molecule has 1 aliphatic carbocycles. The number of benzene rings is 1. The summed E-state index contributed by atoms with van der Waals surface area (Å²) in [5.74, 6) is 0. The van der Waals surface area contributed by atoms with E-state index in [4.69, 9.17) is 0 Å². The molecule has 0 N–H and O–H groups in total. The van der Waals surface area contributed by atoms with Crippen LogP contribution < -0.4 is 0 Å². The predicted molar refractivity (Wildman–Crippen MR) is 48.1 cm³/mol. The van der Waals surface area contributed by atoms with Crippen molar-refractivity contribution >= 4 is 0 Å². The smallest absolute Gasteiger partial charge is 0.166 e. The molecule has 0 heterocycles. The molecule has 0 amide bonds. The third-order valence-corrected chi connectivity index (χ3v) is 2.70. The van der Waals surface area contributed by atoms with Crippen molar-refractivity contribution in [3.8, 4) is 0 Å². The quantitative estimate of drug-likeness (QED) is 0.600. The van der Waals surface area contributed by atoms with E-state index in [9.17, 15) is 13.2 Å². The maximum atomic E-state index is 12.6. The molecule has 0 radical (unpaired) electrons. The van der Waals surface area contributed by atoms with Crippen molar-refractivity contribution in [1.29, 1.82) is 0 Å². The normalized spacial score (nSPS) is 16.5. The Morgan fingerprint density at radius 3 is 2.43 bits per heavy atom. The molecule has 0 spiro atoms. The van der Waals surface area contributed by atoms with Gasteiger partial charge in [0.25, 0.3) is 0 Å². The predicted octanol–water partition coefficient (Wildman–Crippen LogP) is 3.58. The molecule has 0 saturated carbocycles. The molecule has 3 heteroatoms. The molecular weight excluding hydrogens is 189 g/mol. The summed E-state index contributed by atoms with van der Waals surface area (Å²) < 4.78 is 37.7. The number of fused-ring (bicyclic) bond motifs is 1. The van der Waals surface area contributed by atoms with Crippen LogP contribution in [0, 0.1) is 0 Å². The molecule has 0 unspecified atom stereocenters. The number of hydrogen-bond acceptors (Lipinski definition) is 0. The number of alkyl halides is 3. The summed E-state index contributed by atoms with van der Waals surface area (Å²) >= 11 is 0. The van der Waals surface area contributed by atoms with Crippen molar-refractivity contribution in [2.75, 3.05) is 0 Å². The molecule has 0 bridgehead atoms. The Morgan fingerprint density at radius 1 is 1.00 bits per heavy atom. The summed E-state index contributed by atoms with van der Waals surface area (Å²) in [5.41, 5.74) is 0.965. The second-order valence-corrected chi connectivity index (χ2v) is 3.65. The van der Waals surface area contributed by atoms with Crippen molar-refractivity contribution in [1.82, 2.24) is 0 Å². The van der Waals surface area contributed by atoms with E-state index in [1.165, 1.54) is 12.1 Å². The summed E-state index contributed by atoms with van der Waals surface area (Å²) in [5, 5.41) is 0. The average molecular weight is 200 g/mol. The van der Waals surface area contributed by atoms with Gasteiger partial charge in [0.1, 0.15) is 0 Å². The molecule has 1 aliphatic rings. The molecule has 1 aromatic rings. The topological polar surface area (TPSA) is 0 Å². The van der Waals surface area contributed by atoms with Crippen molar-refractivity contribution in [2.24, 2.45) is 0 Å². The van der Waals surface area contributed by atoms with Crippen molar-refractivity contribution in [2.45, 2.75) is 31.9 Å². The fraction of sp³-hybridized carbons (Fsp3) is 0.455. The third kappa shape index (κ3) is 1.63. The van der Waals surface area contributed by atoms with Crippen LogP contribution in [0.1, 0.15) is 29.5 Å². The highest BCUT2D eigenvalue weighted by Gasteiger charge is 2.34. The number of aryl methyl sites for hydroxylation is 1. The zero-order valence-corrected chi connectivity index (χ0v) is 7.69. The van der Waals surface area contributed by atoms with Gasteiger partial charge in [-0.2, -0.15) is 13.2 Å². The maximum Gasteiger partial charge on any atom is 0.416 e. The van der Waals surface area contributed by atoms with E-state index in [1.807, 2.05) is 6.07 Å². The Labute approximate surface area is 80.7 Å². The molecule has 0 aliphatic heterocycles. The summed E-state index contributed by atoms with van der Waals surface area (Å²) in [6.45, 7) is 0. The van der Waals surface area contributed by atoms with E-state index < -0.39 is 11.7 Å². The van der Waals surface area contributed by atoms with Gasteiger partial charge in [-0.15, -0.1) is 0 Å². The summed E-state index contributed by atoms with van der Waals surface area (Å²) in [4.78, 5) is 0. The zero-order valence-electron chi connectivity index (χ0n) is 7.69. The first kappa shape index (κ1) is 9.56. The fourth-order valence-electron chi connectivity index (χ4n) is 2.05. The molecule has 2 rings (SSSR count). The first-order valence-electron chi connectivity index (χ1n) is 4.77. The number of rotatable bonds is 0. The fourth-order valence-corrected chi connectivity index (χ4v) is 2.05. The van der Waals surface area contributed by atoms with Crippen molar-refractivity contribution < 1.29 is 13.2 Å². The van der Waals surface area contributed by atoms with Gasteiger partial charge in [0.2, 0.25) is 0 Å². The van der Waals surface area contributed by atoms with Crippen LogP contribution in [0.15, 0.2) is 18.2 Å². The summed E-state index contributed by atoms with van der Waals surface area (Å²) in [6.07, 6.45) is -0.943. The Hall–Kier alpha value is -0.990. The highest BCUT2D eigenvalue weighted by Crippen LogP contribution is 2.36. The van der Waals surface area contributed by atoms with Gasteiger partial charge >= 0.3 is 6.18 Å². The lowest BCUT2D eigenvalue weighted by Crippen LogP contribution is -2.13. The summed E-state index contributed by atoms with van der Waals surface area (Å²) in [6, 6.07) is 4.50. The van der Waals surface area contributed by atoms with E-state index in [-0.39, 0.29) is 0 Å². The second-order valence-electron chi connectivity index (χ2n) is 3.65. The lowest BCUT2D eigenvalue weighted by Gasteiger charge is -2.20. The Bertz CT molecular complexity index is 339. The van der Waals surface area contributed by atoms with Gasteiger partial charge < -0.3 is 0 Å². The summed E-state index contributed by atoms with van der Waals surface area (Å²) in [7, 11) is 0. The molecule has 76 valence electrons. The Balaban J connectivity index is 2.51. The minimum atomic E-state index is -4.19. The molecular formula is C11H11F3. The molecule has 0 atom stereocenters. The minimum absolute atomic E-state index is 0.435. The van der Waals surface area contributed by atoms with Gasteiger partial charge in [-0.05, 0) is 42.9 Å². The van der Waals surface area contributed by atoms with Gasteiger partial charge in [0.15, 0.2) is 0 Å². The third-order valence-electron chi connectivity index (χ3n) is 2.70. The SMILES string of the molecule is FC(F)(F)c1cccc2c1CCCC2. The van der Waals surface area contributed by atoms with Gasteiger partial charge in [-0.25, -0.2) is 0 Å². The lowest BCUT2D eigenvalue weighted by molar-refractivity contribution is -0.138. The molecule has 14 heavy (non-hydrogen) atoms. The van der Waals surface area contributed by atoms with E-state index in [2.05, 4.69) is 0 Å². The molecule has 0 fully saturated rings. The van der Waals surface area contributed by atoms with E-state index >= 15 is 0 Å². The van der Waals surface area contributed by atoms with E-state index in [1.54, 1.807) is 0 Å². The largest absolute Gasteiger partial charge is 0.416 e. The highest BCUT2D eigenvalue weighted by atomic mass is 19.4. The van der Waals surface area contributed by atoms with E-state index in [0.29, 0.717) is 12.0 Å². The Kier molecular flexibility index (Phi) is 2.25. The van der Waals surface area contributed by atoms with Crippen LogP contribution in [0.3, 0.4) is 0 Å². The van der Waals surface area contributed by atoms with Crippen LogP contribution in [-0.2, 0) is 19.0 Å². The maximum absolute atomic E-state index is 12.6. The van der Waals surface area contributed by atoms with Crippen molar-refractivity contribution in [3.63, 3.8) is 0 Å². The first-order chi connectivity index (χ1) is 6.59. The van der Waals surface area contributed by atoms with Gasteiger partial charge in [-0.3, -0.25) is 0 Å². The molecule has 0 saturated heterocycles. The minimum Gasteiger partial charge on any atom is -0.166 e. The van der Waals surface area contributed by atoms with Gasteiger partial charge in [0.05, 0.1) is 5.56 Å². The molecule has 0 nitrogen and oxygen atoms in total. The zero-order chi connectivity index (χ0) is 10.2. The first-order valence-corrected chi connectivity index (χ1v) is 4.77. The standard InChI is InChI=1S/C11H11F3/c12-11(13,14)10-7-3-5-8-4-1-2-6-9(8)10/h3,5,7H,1-2,4,6H2. The average Bonchev–Trinajstić information content (AvgIpc) is 2.15. The lowest BCUT2D eigenvalue weighted by atomic mass is 9.88. The number of halogens is 3. The van der Waals surface area contributed by atoms with Gasteiger partial charge in [-0.1, -0.05) is 12.1 Å².